The van der Waals surface area contributed by atoms with Crippen LogP contribution in [0.3, 0.4) is 0 Å². The molecule has 0 N–H and O–H groups in total. The maximum absolute atomic E-state index is 10.8. The van der Waals surface area contributed by atoms with E-state index in [4.69, 9.17) is 0 Å². The molecule has 1 aliphatic carbocycles. The van der Waals surface area contributed by atoms with Crippen molar-refractivity contribution in [2.24, 2.45) is 0 Å². The lowest BCUT2D eigenvalue weighted by Crippen LogP contribution is -2.02. The first-order valence-corrected chi connectivity index (χ1v) is 6.78. The summed E-state index contributed by atoms with van der Waals surface area (Å²) in [5.74, 6) is 0. The fourth-order valence-electron chi connectivity index (χ4n) is 1.51. The van der Waals surface area contributed by atoms with Crippen LogP contribution in [0.4, 0.5) is 13.2 Å². The van der Waals surface area contributed by atoms with E-state index < -0.39 is 12.6 Å². The largest absolute Gasteiger partial charge is 0.388 e. The molecule has 1 aliphatic rings. The molecule has 0 aromatic rings. The van der Waals surface area contributed by atoms with Gasteiger partial charge in [-0.3, -0.25) is 0 Å². The van der Waals surface area contributed by atoms with E-state index in [-0.39, 0.29) is 0 Å². The zero-order valence-electron chi connectivity index (χ0n) is 12.3. The van der Waals surface area contributed by atoms with E-state index in [9.17, 15) is 13.2 Å². The molecule has 1 rings (SSSR count). The third-order valence-corrected chi connectivity index (χ3v) is 2.56. The zero-order valence-corrected chi connectivity index (χ0v) is 12.3. The maximum Gasteiger partial charge on any atom is 0.388 e. The summed E-state index contributed by atoms with van der Waals surface area (Å²) in [5, 5.41) is 0. The van der Waals surface area contributed by atoms with E-state index >= 15 is 0 Å². The van der Waals surface area contributed by atoms with Gasteiger partial charge in [-0.25, -0.2) is 0 Å². The van der Waals surface area contributed by atoms with Crippen LogP contribution in [0.25, 0.3) is 0 Å². The van der Waals surface area contributed by atoms with E-state index in [2.05, 4.69) is 26.0 Å². The Morgan fingerprint density at radius 1 is 1.11 bits per heavy atom. The van der Waals surface area contributed by atoms with Gasteiger partial charge < -0.3 is 0 Å². The SMILES string of the molecule is C/C=C\C1=C(C)CCCC1.CC.CCC(F)(F)F. The maximum atomic E-state index is 10.8. The highest BCUT2D eigenvalue weighted by Gasteiger charge is 2.22. The first kappa shape index (κ1) is 19.6. The molecule has 0 bridgehead atoms. The molecule has 108 valence electrons. The van der Waals surface area contributed by atoms with Gasteiger partial charge in [0.2, 0.25) is 0 Å². The van der Waals surface area contributed by atoms with Gasteiger partial charge in [0.15, 0.2) is 0 Å². The summed E-state index contributed by atoms with van der Waals surface area (Å²) < 4.78 is 32.4. The third-order valence-electron chi connectivity index (χ3n) is 2.56. The Kier molecular flexibility index (Phi) is 12.4. The summed E-state index contributed by atoms with van der Waals surface area (Å²) in [6, 6.07) is 0. The Hall–Kier alpha value is -0.730. The summed E-state index contributed by atoms with van der Waals surface area (Å²) in [6.45, 7) is 9.43. The monoisotopic (exact) mass is 264 g/mol. The molecule has 0 spiro atoms. The van der Waals surface area contributed by atoms with E-state index in [1.165, 1.54) is 25.7 Å². The average Bonchev–Trinajstić information content (AvgIpc) is 2.35. The van der Waals surface area contributed by atoms with Crippen LogP contribution in [0.15, 0.2) is 23.3 Å². The summed E-state index contributed by atoms with van der Waals surface area (Å²) in [7, 11) is 0. The number of hydrogen-bond acceptors (Lipinski definition) is 0. The van der Waals surface area contributed by atoms with Crippen LogP contribution < -0.4 is 0 Å². The molecule has 0 aliphatic heterocycles. The van der Waals surface area contributed by atoms with E-state index in [1.54, 1.807) is 11.1 Å². The molecule has 18 heavy (non-hydrogen) atoms. The summed E-state index contributed by atoms with van der Waals surface area (Å²) in [6.07, 6.45) is 5.12. The van der Waals surface area contributed by atoms with Crippen LogP contribution in [-0.4, -0.2) is 6.18 Å². The van der Waals surface area contributed by atoms with Crippen LogP contribution in [0.2, 0.25) is 0 Å². The summed E-state index contributed by atoms with van der Waals surface area (Å²) in [5.41, 5.74) is 3.18. The van der Waals surface area contributed by atoms with Crippen LogP contribution >= 0.6 is 0 Å². The fraction of sp³-hybridized carbons (Fsp3) is 0.733. The Bertz CT molecular complexity index is 247. The van der Waals surface area contributed by atoms with Crippen molar-refractivity contribution in [3.05, 3.63) is 23.3 Å². The minimum Gasteiger partial charge on any atom is -0.171 e. The Labute approximate surface area is 110 Å². The van der Waals surface area contributed by atoms with Crippen molar-refractivity contribution < 1.29 is 13.2 Å². The first-order valence-electron chi connectivity index (χ1n) is 6.78. The van der Waals surface area contributed by atoms with Gasteiger partial charge in [0.1, 0.15) is 0 Å². The quantitative estimate of drug-likeness (QED) is 0.511. The van der Waals surface area contributed by atoms with Gasteiger partial charge in [0.25, 0.3) is 0 Å². The predicted octanol–water partition coefficient (Wildman–Crippen LogP) is 6.44. The summed E-state index contributed by atoms with van der Waals surface area (Å²) >= 11 is 0. The van der Waals surface area contributed by atoms with Gasteiger partial charge in [-0.2, -0.15) is 13.2 Å². The second kappa shape index (κ2) is 11.4. The second-order valence-electron chi connectivity index (χ2n) is 3.98. The minimum atomic E-state index is -3.96. The molecule has 0 nitrogen and oxygen atoms in total. The molecular weight excluding hydrogens is 237 g/mol. The molecule has 0 aromatic carbocycles. The lowest BCUT2D eigenvalue weighted by molar-refractivity contribution is -0.130. The van der Waals surface area contributed by atoms with E-state index in [1.807, 2.05) is 13.8 Å². The van der Waals surface area contributed by atoms with Crippen LogP contribution in [0.1, 0.15) is 66.7 Å². The number of halogens is 3. The predicted molar refractivity (Wildman–Crippen MR) is 73.7 cm³/mol. The topological polar surface area (TPSA) is 0 Å². The normalized spacial score (nSPS) is 15.8. The fourth-order valence-corrected chi connectivity index (χ4v) is 1.51. The smallest absolute Gasteiger partial charge is 0.171 e. The van der Waals surface area contributed by atoms with Gasteiger partial charge in [-0.15, -0.1) is 0 Å². The molecule has 0 aromatic heterocycles. The van der Waals surface area contributed by atoms with Gasteiger partial charge >= 0.3 is 6.18 Å². The van der Waals surface area contributed by atoms with Crippen LogP contribution in [0.5, 0.6) is 0 Å². The zero-order chi connectivity index (χ0) is 14.6. The van der Waals surface area contributed by atoms with Gasteiger partial charge in [0.05, 0.1) is 0 Å². The lowest BCUT2D eigenvalue weighted by atomic mass is 9.93. The number of alkyl halides is 3. The number of allylic oxidation sites excluding steroid dienone is 4. The lowest BCUT2D eigenvalue weighted by Gasteiger charge is -2.13. The molecule has 0 amide bonds. The molecular formula is C15H27F3. The van der Waals surface area contributed by atoms with Crippen molar-refractivity contribution in [3.8, 4) is 0 Å². The third kappa shape index (κ3) is 11.7. The van der Waals surface area contributed by atoms with Crippen molar-refractivity contribution in [3.63, 3.8) is 0 Å². The molecule has 0 saturated carbocycles. The number of rotatable bonds is 1. The van der Waals surface area contributed by atoms with Gasteiger partial charge in [0, 0.05) is 6.42 Å². The molecule has 0 unspecified atom stereocenters. The van der Waals surface area contributed by atoms with Crippen molar-refractivity contribution in [2.75, 3.05) is 0 Å². The van der Waals surface area contributed by atoms with Crippen molar-refractivity contribution >= 4 is 0 Å². The van der Waals surface area contributed by atoms with Crippen molar-refractivity contribution in [1.29, 1.82) is 0 Å². The highest BCUT2D eigenvalue weighted by atomic mass is 19.4. The molecule has 0 fully saturated rings. The van der Waals surface area contributed by atoms with Crippen LogP contribution in [0, 0.1) is 0 Å². The first-order chi connectivity index (χ1) is 8.40. The Balaban J connectivity index is 0. The molecule has 3 heteroatoms. The molecule has 0 atom stereocenters. The molecule has 0 radical (unpaired) electrons. The number of hydrogen-bond donors (Lipinski definition) is 0. The van der Waals surface area contributed by atoms with Crippen LogP contribution in [-0.2, 0) is 0 Å². The molecule has 0 saturated heterocycles. The van der Waals surface area contributed by atoms with Gasteiger partial charge in [-0.1, -0.05) is 38.5 Å². The summed E-state index contributed by atoms with van der Waals surface area (Å²) in [4.78, 5) is 0. The minimum absolute atomic E-state index is 0.729. The highest BCUT2D eigenvalue weighted by Crippen LogP contribution is 2.24. The Morgan fingerprint density at radius 3 is 1.89 bits per heavy atom. The average molecular weight is 264 g/mol. The van der Waals surface area contributed by atoms with E-state index in [0.717, 1.165) is 6.92 Å². The van der Waals surface area contributed by atoms with Crippen molar-refractivity contribution in [1.82, 2.24) is 0 Å². The molecule has 0 heterocycles. The van der Waals surface area contributed by atoms with Crippen molar-refractivity contribution in [2.45, 2.75) is 72.9 Å². The highest BCUT2D eigenvalue weighted by molar-refractivity contribution is 5.25. The standard InChI is InChI=1S/C10H16.C3H5F3.C2H6/c1-3-6-10-8-5-4-7-9(10)2;1-2-3(4,5)6;1-2/h3,6H,4-5,7-8H2,1-2H3;2H2,1H3;1-2H3/b6-3-;;. The Morgan fingerprint density at radius 2 is 1.56 bits per heavy atom. The van der Waals surface area contributed by atoms with Gasteiger partial charge in [-0.05, 0) is 45.1 Å². The second-order valence-corrected chi connectivity index (χ2v) is 3.98. The van der Waals surface area contributed by atoms with E-state index in [0.29, 0.717) is 0 Å².